The molecule has 0 aromatic heterocycles. The van der Waals surface area contributed by atoms with E-state index in [0.29, 0.717) is 5.56 Å². The third kappa shape index (κ3) is 5.20. The second-order valence-electron chi connectivity index (χ2n) is 5.44. The SMILES string of the molecule is COc1ccc(C=CC(=O)O)cc1S(=O)(=O)NC(C)(C)C. The molecule has 0 atom stereocenters. The molecule has 0 aliphatic heterocycles. The summed E-state index contributed by atoms with van der Waals surface area (Å²) in [4.78, 5) is 10.5. The Balaban J connectivity index is 3.32. The van der Waals surface area contributed by atoms with Crippen molar-refractivity contribution < 1.29 is 23.1 Å². The Morgan fingerprint density at radius 1 is 1.33 bits per heavy atom. The summed E-state index contributed by atoms with van der Waals surface area (Å²) in [7, 11) is -2.40. The first-order valence-electron chi connectivity index (χ1n) is 6.18. The summed E-state index contributed by atoms with van der Waals surface area (Å²) in [5, 5.41) is 8.62. The van der Waals surface area contributed by atoms with Crippen LogP contribution in [0.1, 0.15) is 26.3 Å². The molecule has 0 aliphatic rings. The van der Waals surface area contributed by atoms with Crippen molar-refractivity contribution in [3.63, 3.8) is 0 Å². The molecule has 0 saturated carbocycles. The van der Waals surface area contributed by atoms with Crippen molar-refractivity contribution in [2.24, 2.45) is 0 Å². The van der Waals surface area contributed by atoms with Crippen molar-refractivity contribution in [1.82, 2.24) is 4.72 Å². The van der Waals surface area contributed by atoms with Gasteiger partial charge in [-0.3, -0.25) is 0 Å². The molecule has 2 N–H and O–H groups in total. The quantitative estimate of drug-likeness (QED) is 0.810. The molecular formula is C14H19NO5S. The number of aliphatic carboxylic acids is 1. The molecule has 0 fully saturated rings. The van der Waals surface area contributed by atoms with Crippen LogP contribution in [0.15, 0.2) is 29.2 Å². The van der Waals surface area contributed by atoms with E-state index in [1.165, 1.54) is 25.3 Å². The molecule has 1 rings (SSSR count). The van der Waals surface area contributed by atoms with Gasteiger partial charge in [0.1, 0.15) is 10.6 Å². The van der Waals surface area contributed by atoms with Gasteiger partial charge in [-0.2, -0.15) is 0 Å². The van der Waals surface area contributed by atoms with Crippen LogP contribution in [0, 0.1) is 0 Å². The van der Waals surface area contributed by atoms with Crippen molar-refractivity contribution in [3.8, 4) is 5.75 Å². The van der Waals surface area contributed by atoms with E-state index >= 15 is 0 Å². The van der Waals surface area contributed by atoms with Crippen LogP contribution in [0.5, 0.6) is 5.75 Å². The molecule has 116 valence electrons. The summed E-state index contributed by atoms with van der Waals surface area (Å²) < 4.78 is 32.4. The number of hydrogen-bond donors (Lipinski definition) is 2. The van der Waals surface area contributed by atoms with Gasteiger partial charge < -0.3 is 9.84 Å². The number of sulfonamides is 1. The van der Waals surface area contributed by atoms with Crippen LogP contribution in [0.25, 0.3) is 6.08 Å². The maximum atomic E-state index is 12.4. The summed E-state index contributed by atoms with van der Waals surface area (Å²) in [6.07, 6.45) is 2.26. The van der Waals surface area contributed by atoms with Gasteiger partial charge in [0.05, 0.1) is 7.11 Å². The number of carboxylic acids is 1. The van der Waals surface area contributed by atoms with Crippen molar-refractivity contribution in [1.29, 1.82) is 0 Å². The van der Waals surface area contributed by atoms with Crippen LogP contribution in [0.2, 0.25) is 0 Å². The second-order valence-corrected chi connectivity index (χ2v) is 7.09. The normalized spacial score (nSPS) is 12.6. The molecule has 0 amide bonds. The number of rotatable bonds is 5. The monoisotopic (exact) mass is 313 g/mol. The fraction of sp³-hybridized carbons (Fsp3) is 0.357. The molecule has 0 aliphatic carbocycles. The van der Waals surface area contributed by atoms with Crippen LogP contribution >= 0.6 is 0 Å². The van der Waals surface area contributed by atoms with E-state index in [1.807, 2.05) is 0 Å². The van der Waals surface area contributed by atoms with E-state index in [0.717, 1.165) is 6.08 Å². The fourth-order valence-corrected chi connectivity index (χ4v) is 3.26. The zero-order chi connectivity index (χ0) is 16.3. The molecular weight excluding hydrogens is 294 g/mol. The minimum Gasteiger partial charge on any atom is -0.495 e. The van der Waals surface area contributed by atoms with Gasteiger partial charge in [-0.05, 0) is 44.5 Å². The van der Waals surface area contributed by atoms with Crippen molar-refractivity contribution in [2.75, 3.05) is 7.11 Å². The number of carbonyl (C=O) groups is 1. The lowest BCUT2D eigenvalue weighted by molar-refractivity contribution is -0.131. The molecule has 0 radical (unpaired) electrons. The Labute approximate surface area is 124 Å². The van der Waals surface area contributed by atoms with Gasteiger partial charge in [-0.1, -0.05) is 6.07 Å². The Morgan fingerprint density at radius 3 is 2.43 bits per heavy atom. The predicted octanol–water partition coefficient (Wildman–Crippen LogP) is 1.87. The van der Waals surface area contributed by atoms with Crippen molar-refractivity contribution >= 4 is 22.1 Å². The first-order valence-corrected chi connectivity index (χ1v) is 7.66. The predicted molar refractivity (Wildman–Crippen MR) is 79.7 cm³/mol. The summed E-state index contributed by atoms with van der Waals surface area (Å²) in [5.74, 6) is -0.915. The molecule has 0 heterocycles. The zero-order valence-corrected chi connectivity index (χ0v) is 13.2. The van der Waals surface area contributed by atoms with E-state index < -0.39 is 21.5 Å². The third-order valence-corrected chi connectivity index (χ3v) is 4.12. The van der Waals surface area contributed by atoms with E-state index in [-0.39, 0.29) is 10.6 Å². The first-order chi connectivity index (χ1) is 9.55. The Kier molecular flexibility index (Phi) is 5.14. The average molecular weight is 313 g/mol. The van der Waals surface area contributed by atoms with E-state index in [4.69, 9.17) is 9.84 Å². The Hall–Kier alpha value is -1.86. The van der Waals surface area contributed by atoms with Crippen LogP contribution in [-0.2, 0) is 14.8 Å². The van der Waals surface area contributed by atoms with E-state index in [9.17, 15) is 13.2 Å². The van der Waals surface area contributed by atoms with Gasteiger partial charge in [0.2, 0.25) is 10.0 Å². The third-order valence-electron chi connectivity index (χ3n) is 2.34. The minimum absolute atomic E-state index is 0.0348. The smallest absolute Gasteiger partial charge is 0.328 e. The number of ether oxygens (including phenoxy) is 1. The number of methoxy groups -OCH3 is 1. The summed E-state index contributed by atoms with van der Waals surface area (Å²) >= 11 is 0. The maximum Gasteiger partial charge on any atom is 0.328 e. The summed E-state index contributed by atoms with van der Waals surface area (Å²) in [5.41, 5.74) is -0.191. The number of benzene rings is 1. The topological polar surface area (TPSA) is 92.7 Å². The van der Waals surface area contributed by atoms with Crippen LogP contribution in [0.3, 0.4) is 0 Å². The first kappa shape index (κ1) is 17.2. The molecule has 1 aromatic carbocycles. The lowest BCUT2D eigenvalue weighted by atomic mass is 10.1. The number of carboxylic acid groups (broad SMARTS) is 1. The highest BCUT2D eigenvalue weighted by Crippen LogP contribution is 2.26. The lowest BCUT2D eigenvalue weighted by Crippen LogP contribution is -2.40. The molecule has 0 bridgehead atoms. The highest BCUT2D eigenvalue weighted by atomic mass is 32.2. The molecule has 1 aromatic rings. The second kappa shape index (κ2) is 6.28. The molecule has 21 heavy (non-hydrogen) atoms. The molecule has 0 unspecified atom stereocenters. The van der Waals surface area contributed by atoms with Crippen molar-refractivity contribution in [3.05, 3.63) is 29.8 Å². The van der Waals surface area contributed by atoms with Gasteiger partial charge in [-0.15, -0.1) is 0 Å². The lowest BCUT2D eigenvalue weighted by Gasteiger charge is -2.21. The Bertz CT molecular complexity index is 656. The highest BCUT2D eigenvalue weighted by molar-refractivity contribution is 7.89. The molecule has 6 nitrogen and oxygen atoms in total. The van der Waals surface area contributed by atoms with Crippen molar-refractivity contribution in [2.45, 2.75) is 31.2 Å². The largest absolute Gasteiger partial charge is 0.495 e. The summed E-state index contributed by atoms with van der Waals surface area (Å²) in [6, 6.07) is 4.43. The van der Waals surface area contributed by atoms with Gasteiger partial charge >= 0.3 is 5.97 Å². The minimum atomic E-state index is -3.78. The standard InChI is InChI=1S/C14H19NO5S/c1-14(2,3)15-21(18,19)12-9-10(6-8-13(16)17)5-7-11(12)20-4/h5-9,15H,1-4H3,(H,16,17). The summed E-state index contributed by atoms with van der Waals surface area (Å²) in [6.45, 7) is 5.18. The van der Waals surface area contributed by atoms with Gasteiger partial charge in [-0.25, -0.2) is 17.9 Å². The van der Waals surface area contributed by atoms with Gasteiger partial charge in [0.25, 0.3) is 0 Å². The maximum absolute atomic E-state index is 12.4. The molecule has 0 saturated heterocycles. The van der Waals surface area contributed by atoms with Crippen LogP contribution in [-0.4, -0.2) is 32.1 Å². The average Bonchev–Trinajstić information content (AvgIpc) is 2.33. The van der Waals surface area contributed by atoms with Gasteiger partial charge in [0.15, 0.2) is 0 Å². The van der Waals surface area contributed by atoms with Crippen LogP contribution < -0.4 is 9.46 Å². The fourth-order valence-electron chi connectivity index (χ4n) is 1.63. The molecule has 7 heteroatoms. The number of hydrogen-bond acceptors (Lipinski definition) is 4. The van der Waals surface area contributed by atoms with E-state index in [2.05, 4.69) is 4.72 Å². The van der Waals surface area contributed by atoms with E-state index in [1.54, 1.807) is 26.8 Å². The Morgan fingerprint density at radius 2 is 1.95 bits per heavy atom. The molecule has 0 spiro atoms. The zero-order valence-electron chi connectivity index (χ0n) is 12.4. The van der Waals surface area contributed by atoms with Crippen LogP contribution in [0.4, 0.5) is 0 Å². The highest BCUT2D eigenvalue weighted by Gasteiger charge is 2.25. The number of nitrogens with one attached hydrogen (secondary N) is 1. The van der Waals surface area contributed by atoms with Gasteiger partial charge in [0, 0.05) is 11.6 Å².